The van der Waals surface area contributed by atoms with Crippen LogP contribution in [-0.2, 0) is 13.6 Å². The standard InChI is InChI=1S/C17H17N7O5/c1-23-13-12(15(28)20-17(23)29)24(6-8(26)7-25)16(19-13)22-21-11-9-4-2-3-5-10(9)18-14(11)27/h2-5,8,18,25-27H,6-7H2,1H3,(H,20,28,29)/t8-/m1/s1. The Bertz CT molecular complexity index is 1360. The molecule has 3 aromatic heterocycles. The number of aromatic amines is 2. The average molecular weight is 399 g/mol. The number of aromatic nitrogens is 5. The molecule has 0 fully saturated rings. The molecule has 1 aromatic carbocycles. The van der Waals surface area contributed by atoms with Gasteiger partial charge in [0.2, 0.25) is 5.88 Å². The second-order valence-electron chi connectivity index (χ2n) is 6.42. The Morgan fingerprint density at radius 3 is 2.72 bits per heavy atom. The van der Waals surface area contributed by atoms with Gasteiger partial charge in [-0.3, -0.25) is 18.9 Å². The predicted molar refractivity (Wildman–Crippen MR) is 103 cm³/mol. The van der Waals surface area contributed by atoms with Crippen LogP contribution in [0.2, 0.25) is 0 Å². The second-order valence-corrected chi connectivity index (χ2v) is 6.42. The van der Waals surface area contributed by atoms with E-state index in [9.17, 15) is 24.9 Å². The van der Waals surface area contributed by atoms with Crippen LogP contribution in [0.3, 0.4) is 0 Å². The highest BCUT2D eigenvalue weighted by atomic mass is 16.3. The fourth-order valence-corrected chi connectivity index (χ4v) is 3.05. The van der Waals surface area contributed by atoms with Crippen molar-refractivity contribution >= 4 is 33.7 Å². The third-order valence-corrected chi connectivity index (χ3v) is 4.49. The van der Waals surface area contributed by atoms with E-state index >= 15 is 0 Å². The fraction of sp³-hybridized carbons (Fsp3) is 0.235. The lowest BCUT2D eigenvalue weighted by Gasteiger charge is -2.09. The second kappa shape index (κ2) is 7.00. The van der Waals surface area contributed by atoms with E-state index in [4.69, 9.17) is 0 Å². The Labute approximate surface area is 161 Å². The zero-order chi connectivity index (χ0) is 20.7. The first-order valence-corrected chi connectivity index (χ1v) is 8.60. The predicted octanol–water partition coefficient (Wildman–Crippen LogP) is 0.379. The molecule has 4 rings (SSSR count). The van der Waals surface area contributed by atoms with Crippen LogP contribution in [0.4, 0.5) is 11.6 Å². The molecule has 0 aliphatic carbocycles. The topological polar surface area (TPSA) is 174 Å². The van der Waals surface area contributed by atoms with Crippen molar-refractivity contribution in [2.24, 2.45) is 17.3 Å². The molecule has 12 nitrogen and oxygen atoms in total. The molecule has 5 N–H and O–H groups in total. The lowest BCUT2D eigenvalue weighted by atomic mass is 10.2. The Kier molecular flexibility index (Phi) is 4.48. The molecule has 0 radical (unpaired) electrons. The summed E-state index contributed by atoms with van der Waals surface area (Å²) < 4.78 is 2.38. The summed E-state index contributed by atoms with van der Waals surface area (Å²) in [6.07, 6.45) is -1.19. The average Bonchev–Trinajstić information content (AvgIpc) is 3.21. The maximum absolute atomic E-state index is 12.3. The van der Waals surface area contributed by atoms with Crippen molar-refractivity contribution in [1.29, 1.82) is 0 Å². The van der Waals surface area contributed by atoms with Crippen LogP contribution in [-0.4, -0.2) is 52.1 Å². The largest absolute Gasteiger partial charge is 0.493 e. The minimum Gasteiger partial charge on any atom is -0.493 e. The Balaban J connectivity index is 1.91. The third kappa shape index (κ3) is 3.09. The number of H-pyrrole nitrogens is 2. The molecule has 0 saturated carbocycles. The number of aryl methyl sites for hydroxylation is 1. The van der Waals surface area contributed by atoms with E-state index < -0.39 is 24.0 Å². The summed E-state index contributed by atoms with van der Waals surface area (Å²) in [5.41, 5.74) is -0.505. The monoisotopic (exact) mass is 399 g/mol. The van der Waals surface area contributed by atoms with Crippen LogP contribution >= 0.6 is 0 Å². The normalized spacial score (nSPS) is 13.1. The first kappa shape index (κ1) is 18.6. The van der Waals surface area contributed by atoms with Gasteiger partial charge in [0.25, 0.3) is 11.5 Å². The Hall–Kier alpha value is -3.77. The highest BCUT2D eigenvalue weighted by molar-refractivity contribution is 5.94. The molecule has 0 amide bonds. The van der Waals surface area contributed by atoms with Gasteiger partial charge < -0.3 is 20.3 Å². The van der Waals surface area contributed by atoms with Crippen molar-refractivity contribution in [3.8, 4) is 5.88 Å². The first-order valence-electron chi connectivity index (χ1n) is 8.60. The van der Waals surface area contributed by atoms with Gasteiger partial charge >= 0.3 is 5.69 Å². The summed E-state index contributed by atoms with van der Waals surface area (Å²) in [5.74, 6) is -0.276. The number of rotatable bonds is 5. The van der Waals surface area contributed by atoms with Gasteiger partial charge in [0, 0.05) is 12.4 Å². The molecule has 12 heteroatoms. The minimum absolute atomic E-state index is 0.00306. The van der Waals surface area contributed by atoms with E-state index in [1.165, 1.54) is 11.6 Å². The van der Waals surface area contributed by atoms with Gasteiger partial charge in [-0.05, 0) is 6.07 Å². The van der Waals surface area contributed by atoms with Crippen LogP contribution in [0.5, 0.6) is 5.88 Å². The number of nitrogens with zero attached hydrogens (tertiary/aromatic N) is 5. The van der Waals surface area contributed by atoms with Gasteiger partial charge in [-0.1, -0.05) is 18.2 Å². The summed E-state index contributed by atoms with van der Waals surface area (Å²) in [7, 11) is 1.42. The van der Waals surface area contributed by atoms with Crippen molar-refractivity contribution in [2.45, 2.75) is 12.6 Å². The number of hydrogen-bond acceptors (Lipinski definition) is 8. The van der Waals surface area contributed by atoms with E-state index in [2.05, 4.69) is 25.2 Å². The maximum Gasteiger partial charge on any atom is 0.329 e. The lowest BCUT2D eigenvalue weighted by molar-refractivity contribution is 0.0824. The number of imidazole rings is 1. The zero-order valence-electron chi connectivity index (χ0n) is 15.2. The van der Waals surface area contributed by atoms with E-state index in [0.717, 1.165) is 4.57 Å². The zero-order valence-corrected chi connectivity index (χ0v) is 15.2. The molecule has 3 heterocycles. The van der Waals surface area contributed by atoms with E-state index in [0.29, 0.717) is 10.9 Å². The molecule has 0 aliphatic heterocycles. The quantitative estimate of drug-likeness (QED) is 0.303. The van der Waals surface area contributed by atoms with E-state index in [-0.39, 0.29) is 35.2 Å². The van der Waals surface area contributed by atoms with Gasteiger partial charge in [0.1, 0.15) is 0 Å². The SMILES string of the molecule is Cn1c(=O)[nH]c(=O)c2c1nc(N=Nc1c(O)[nH]c3ccccc13)n2C[C@@H](O)CO. The van der Waals surface area contributed by atoms with Gasteiger partial charge in [-0.2, -0.15) is 4.98 Å². The lowest BCUT2D eigenvalue weighted by Crippen LogP contribution is -2.30. The third-order valence-electron chi connectivity index (χ3n) is 4.49. The highest BCUT2D eigenvalue weighted by Crippen LogP contribution is 2.36. The first-order chi connectivity index (χ1) is 13.9. The number of aromatic hydroxyl groups is 1. The van der Waals surface area contributed by atoms with E-state index in [1.54, 1.807) is 24.3 Å². The number of benzene rings is 1. The summed E-state index contributed by atoms with van der Waals surface area (Å²) in [6, 6.07) is 7.07. The minimum atomic E-state index is -1.19. The highest BCUT2D eigenvalue weighted by Gasteiger charge is 2.20. The van der Waals surface area contributed by atoms with E-state index in [1.807, 2.05) is 0 Å². The van der Waals surface area contributed by atoms with Crippen molar-refractivity contribution in [3.05, 3.63) is 45.1 Å². The van der Waals surface area contributed by atoms with Crippen LogP contribution < -0.4 is 11.2 Å². The van der Waals surface area contributed by atoms with Gasteiger partial charge in [-0.15, -0.1) is 10.2 Å². The molecule has 0 spiro atoms. The van der Waals surface area contributed by atoms with Crippen molar-refractivity contribution in [1.82, 2.24) is 24.1 Å². The number of para-hydroxylation sites is 1. The molecular formula is C17H17N7O5. The molecule has 1 atom stereocenters. The molecule has 0 unspecified atom stereocenters. The van der Waals surface area contributed by atoms with Crippen molar-refractivity contribution in [3.63, 3.8) is 0 Å². The Morgan fingerprint density at radius 2 is 1.97 bits per heavy atom. The molecule has 4 aromatic rings. The van der Waals surface area contributed by atoms with Gasteiger partial charge in [0.15, 0.2) is 16.9 Å². The molecule has 0 aliphatic rings. The number of hydrogen-bond donors (Lipinski definition) is 5. The summed E-state index contributed by atoms with van der Waals surface area (Å²) >= 11 is 0. The van der Waals surface area contributed by atoms with Gasteiger partial charge in [-0.25, -0.2) is 4.79 Å². The molecule has 0 saturated heterocycles. The van der Waals surface area contributed by atoms with Crippen molar-refractivity contribution in [2.75, 3.05) is 6.61 Å². The van der Waals surface area contributed by atoms with Gasteiger partial charge in [0.05, 0.1) is 24.8 Å². The van der Waals surface area contributed by atoms with Crippen LogP contribution in [0.15, 0.2) is 44.1 Å². The molecule has 0 bridgehead atoms. The number of aliphatic hydroxyl groups is 2. The molecule has 29 heavy (non-hydrogen) atoms. The van der Waals surface area contributed by atoms with Crippen LogP contribution in [0.25, 0.3) is 22.1 Å². The number of nitrogens with one attached hydrogen (secondary N) is 2. The van der Waals surface area contributed by atoms with Crippen molar-refractivity contribution < 1.29 is 15.3 Å². The maximum atomic E-state index is 12.3. The summed E-state index contributed by atoms with van der Waals surface area (Å²) in [4.78, 5) is 33.3. The molecular weight excluding hydrogens is 382 g/mol. The number of fused-ring (bicyclic) bond motifs is 2. The van der Waals surface area contributed by atoms with Crippen LogP contribution in [0.1, 0.15) is 0 Å². The molecule has 150 valence electrons. The van der Waals surface area contributed by atoms with Crippen LogP contribution in [0, 0.1) is 0 Å². The Morgan fingerprint density at radius 1 is 1.21 bits per heavy atom. The number of aliphatic hydroxyl groups excluding tert-OH is 2. The summed E-state index contributed by atoms with van der Waals surface area (Å²) in [5, 5.41) is 37.9. The fourth-order valence-electron chi connectivity index (χ4n) is 3.05. The number of azo groups is 1. The summed E-state index contributed by atoms with van der Waals surface area (Å²) in [6.45, 7) is -0.758. The smallest absolute Gasteiger partial charge is 0.329 e.